The lowest BCUT2D eigenvalue weighted by atomic mass is 10.2. The van der Waals surface area contributed by atoms with Crippen molar-refractivity contribution in [3.63, 3.8) is 0 Å². The molecule has 4 heteroatoms. The number of benzene rings is 2. The van der Waals surface area contributed by atoms with Crippen LogP contribution in [0.1, 0.15) is 16.7 Å². The summed E-state index contributed by atoms with van der Waals surface area (Å²) in [5.74, 6) is 2.35. The lowest BCUT2D eigenvalue weighted by Crippen LogP contribution is -2.27. The molecule has 0 aromatic heterocycles. The third kappa shape index (κ3) is 5.64. The molecule has 0 heterocycles. The SMILES string of the molecule is COc1ccc(CN(C)C(=O)CSCc2cccc(C)c2)cc1. The molecule has 0 fully saturated rings. The lowest BCUT2D eigenvalue weighted by molar-refractivity contribution is -0.127. The zero-order valence-electron chi connectivity index (χ0n) is 13.9. The van der Waals surface area contributed by atoms with Crippen LogP contribution in [0.15, 0.2) is 48.5 Å². The average molecular weight is 329 g/mol. The normalized spacial score (nSPS) is 10.4. The Labute approximate surface area is 142 Å². The van der Waals surface area contributed by atoms with Gasteiger partial charge in [-0.25, -0.2) is 0 Å². The average Bonchev–Trinajstić information content (AvgIpc) is 2.55. The number of ether oxygens (including phenoxy) is 1. The van der Waals surface area contributed by atoms with Crippen molar-refractivity contribution in [2.75, 3.05) is 19.9 Å². The first-order valence-corrected chi connectivity index (χ1v) is 8.74. The molecule has 0 radical (unpaired) electrons. The summed E-state index contributed by atoms with van der Waals surface area (Å²) in [7, 11) is 3.50. The highest BCUT2D eigenvalue weighted by Gasteiger charge is 2.09. The molecule has 23 heavy (non-hydrogen) atoms. The van der Waals surface area contributed by atoms with Crippen LogP contribution in [0.4, 0.5) is 0 Å². The van der Waals surface area contributed by atoms with E-state index in [9.17, 15) is 4.79 Å². The first-order valence-electron chi connectivity index (χ1n) is 7.58. The third-order valence-electron chi connectivity index (χ3n) is 3.58. The molecule has 2 rings (SSSR count). The van der Waals surface area contributed by atoms with Crippen LogP contribution in [0.2, 0.25) is 0 Å². The van der Waals surface area contributed by atoms with Crippen molar-refractivity contribution < 1.29 is 9.53 Å². The second kappa shape index (κ2) is 8.63. The van der Waals surface area contributed by atoms with Crippen LogP contribution in [0.5, 0.6) is 5.75 Å². The Hall–Kier alpha value is -1.94. The maximum absolute atomic E-state index is 12.2. The van der Waals surface area contributed by atoms with E-state index < -0.39 is 0 Å². The van der Waals surface area contributed by atoms with Gasteiger partial charge in [-0.2, -0.15) is 0 Å². The van der Waals surface area contributed by atoms with Crippen molar-refractivity contribution in [3.8, 4) is 5.75 Å². The highest BCUT2D eigenvalue weighted by Crippen LogP contribution is 2.16. The Kier molecular flexibility index (Phi) is 6.53. The molecule has 0 saturated heterocycles. The van der Waals surface area contributed by atoms with Crippen molar-refractivity contribution in [1.82, 2.24) is 4.90 Å². The van der Waals surface area contributed by atoms with Gasteiger partial charge in [-0.3, -0.25) is 4.79 Å². The van der Waals surface area contributed by atoms with Gasteiger partial charge in [0.05, 0.1) is 12.9 Å². The minimum absolute atomic E-state index is 0.151. The molecular formula is C19H23NO2S. The number of amides is 1. The summed E-state index contributed by atoms with van der Waals surface area (Å²) in [4.78, 5) is 14.0. The van der Waals surface area contributed by atoms with Gasteiger partial charge in [-0.05, 0) is 30.2 Å². The molecule has 0 N–H and O–H groups in total. The van der Waals surface area contributed by atoms with Gasteiger partial charge < -0.3 is 9.64 Å². The van der Waals surface area contributed by atoms with Gasteiger partial charge in [-0.15, -0.1) is 11.8 Å². The highest BCUT2D eigenvalue weighted by molar-refractivity contribution is 7.99. The van der Waals surface area contributed by atoms with E-state index in [2.05, 4.69) is 31.2 Å². The number of nitrogens with zero attached hydrogens (tertiary/aromatic N) is 1. The zero-order chi connectivity index (χ0) is 16.7. The number of hydrogen-bond acceptors (Lipinski definition) is 3. The Morgan fingerprint density at radius 2 is 1.87 bits per heavy atom. The molecular weight excluding hydrogens is 306 g/mol. The van der Waals surface area contributed by atoms with Crippen LogP contribution in [-0.4, -0.2) is 30.7 Å². The molecule has 2 aromatic rings. The molecule has 3 nitrogen and oxygen atoms in total. The van der Waals surface area contributed by atoms with Crippen molar-refractivity contribution in [1.29, 1.82) is 0 Å². The summed E-state index contributed by atoms with van der Waals surface area (Å²) in [6, 6.07) is 16.2. The minimum Gasteiger partial charge on any atom is -0.497 e. The van der Waals surface area contributed by atoms with Crippen LogP contribution >= 0.6 is 11.8 Å². The van der Waals surface area contributed by atoms with Crippen molar-refractivity contribution in [3.05, 3.63) is 65.2 Å². The van der Waals surface area contributed by atoms with Crippen LogP contribution in [0.3, 0.4) is 0 Å². The molecule has 0 saturated carbocycles. The Bertz CT molecular complexity index is 640. The maximum atomic E-state index is 12.2. The van der Waals surface area contributed by atoms with E-state index in [4.69, 9.17) is 4.74 Å². The van der Waals surface area contributed by atoms with Gasteiger partial charge in [0.15, 0.2) is 0 Å². The predicted molar refractivity (Wildman–Crippen MR) is 96.8 cm³/mol. The first kappa shape index (κ1) is 17.4. The fraction of sp³-hybridized carbons (Fsp3) is 0.316. The largest absolute Gasteiger partial charge is 0.497 e. The molecule has 0 atom stereocenters. The van der Waals surface area contributed by atoms with E-state index >= 15 is 0 Å². The van der Waals surface area contributed by atoms with Crippen molar-refractivity contribution >= 4 is 17.7 Å². The maximum Gasteiger partial charge on any atom is 0.232 e. The van der Waals surface area contributed by atoms with Crippen molar-refractivity contribution in [2.24, 2.45) is 0 Å². The van der Waals surface area contributed by atoms with Crippen LogP contribution in [0.25, 0.3) is 0 Å². The number of carbonyl (C=O) groups excluding carboxylic acids is 1. The Morgan fingerprint density at radius 1 is 1.13 bits per heavy atom. The predicted octanol–water partition coefficient (Wildman–Crippen LogP) is 3.90. The number of thioether (sulfide) groups is 1. The Morgan fingerprint density at radius 3 is 2.52 bits per heavy atom. The lowest BCUT2D eigenvalue weighted by Gasteiger charge is -2.17. The fourth-order valence-corrected chi connectivity index (χ4v) is 3.17. The zero-order valence-corrected chi connectivity index (χ0v) is 14.7. The number of hydrogen-bond donors (Lipinski definition) is 0. The number of carbonyl (C=O) groups is 1. The first-order chi connectivity index (χ1) is 11.1. The summed E-state index contributed by atoms with van der Waals surface area (Å²) < 4.78 is 5.14. The van der Waals surface area contributed by atoms with Gasteiger partial charge in [0.2, 0.25) is 5.91 Å². The van der Waals surface area contributed by atoms with Crippen LogP contribution < -0.4 is 4.74 Å². The summed E-state index contributed by atoms with van der Waals surface area (Å²) in [5, 5.41) is 0. The molecule has 0 unspecified atom stereocenters. The summed E-state index contributed by atoms with van der Waals surface area (Å²) in [6.07, 6.45) is 0. The second-order valence-electron chi connectivity index (χ2n) is 5.58. The second-order valence-corrected chi connectivity index (χ2v) is 6.57. The van der Waals surface area contributed by atoms with Gasteiger partial charge in [0.25, 0.3) is 0 Å². The standard InChI is InChI=1S/C19H23NO2S/c1-15-5-4-6-17(11-15)13-23-14-19(21)20(2)12-16-7-9-18(22-3)10-8-16/h4-11H,12-14H2,1-3H3. The van der Waals surface area contributed by atoms with E-state index in [-0.39, 0.29) is 5.91 Å². The minimum atomic E-state index is 0.151. The molecule has 122 valence electrons. The quantitative estimate of drug-likeness (QED) is 0.772. The van der Waals surface area contributed by atoms with Gasteiger partial charge in [-0.1, -0.05) is 42.0 Å². The summed E-state index contributed by atoms with van der Waals surface area (Å²) >= 11 is 1.66. The molecule has 1 amide bonds. The molecule has 0 aliphatic rings. The fourth-order valence-electron chi connectivity index (χ4n) is 2.26. The Balaban J connectivity index is 1.78. The summed E-state index contributed by atoms with van der Waals surface area (Å²) in [5.41, 5.74) is 3.62. The number of aryl methyl sites for hydroxylation is 1. The van der Waals surface area contributed by atoms with Gasteiger partial charge >= 0.3 is 0 Å². The van der Waals surface area contributed by atoms with E-state index in [0.717, 1.165) is 17.1 Å². The molecule has 2 aromatic carbocycles. The third-order valence-corrected chi connectivity index (χ3v) is 4.57. The summed E-state index contributed by atoms with van der Waals surface area (Å²) in [6.45, 7) is 2.70. The molecule has 0 spiro atoms. The molecule has 0 aliphatic heterocycles. The van der Waals surface area contributed by atoms with Crippen molar-refractivity contribution in [2.45, 2.75) is 19.2 Å². The van der Waals surface area contributed by atoms with E-state index in [1.54, 1.807) is 23.8 Å². The van der Waals surface area contributed by atoms with Gasteiger partial charge in [0, 0.05) is 19.3 Å². The van der Waals surface area contributed by atoms with E-state index in [1.165, 1.54) is 11.1 Å². The van der Waals surface area contributed by atoms with E-state index in [1.807, 2.05) is 31.3 Å². The number of rotatable bonds is 7. The van der Waals surface area contributed by atoms with Crippen LogP contribution in [-0.2, 0) is 17.1 Å². The number of methoxy groups -OCH3 is 1. The molecule has 0 bridgehead atoms. The van der Waals surface area contributed by atoms with Gasteiger partial charge in [0.1, 0.15) is 5.75 Å². The topological polar surface area (TPSA) is 29.5 Å². The monoisotopic (exact) mass is 329 g/mol. The smallest absolute Gasteiger partial charge is 0.232 e. The highest BCUT2D eigenvalue weighted by atomic mass is 32.2. The molecule has 0 aliphatic carbocycles. The van der Waals surface area contributed by atoms with Crippen LogP contribution in [0, 0.1) is 6.92 Å². The van der Waals surface area contributed by atoms with E-state index in [0.29, 0.717) is 12.3 Å².